The van der Waals surface area contributed by atoms with Gasteiger partial charge in [0.2, 0.25) is 5.67 Å². The highest BCUT2D eigenvalue weighted by Gasteiger charge is 2.48. The Morgan fingerprint density at radius 2 is 2.14 bits per heavy atom. The summed E-state index contributed by atoms with van der Waals surface area (Å²) >= 11 is 0. The van der Waals surface area contributed by atoms with Crippen LogP contribution in [0.2, 0.25) is 0 Å². The molecule has 7 heteroatoms. The summed E-state index contributed by atoms with van der Waals surface area (Å²) < 4.78 is 18.9. The maximum atomic E-state index is 14.4. The molecule has 1 aliphatic carbocycles. The molecule has 1 aliphatic heterocycles. The van der Waals surface area contributed by atoms with Gasteiger partial charge in [-0.2, -0.15) is 5.10 Å². The number of aryl methyl sites for hydroxylation is 1. The van der Waals surface area contributed by atoms with Gasteiger partial charge in [0.1, 0.15) is 0 Å². The van der Waals surface area contributed by atoms with Gasteiger partial charge in [-0.05, 0) is 25.7 Å². The molecule has 6 nitrogen and oxygen atoms in total. The number of aromatic nitrogens is 2. The molecule has 1 aromatic rings. The van der Waals surface area contributed by atoms with Crippen LogP contribution < -0.4 is 0 Å². The molecule has 0 aromatic carbocycles. The Morgan fingerprint density at radius 1 is 1.38 bits per heavy atom. The predicted octanol–water partition coefficient (Wildman–Crippen LogP) is 1.02. The summed E-state index contributed by atoms with van der Waals surface area (Å²) in [5, 5.41) is 7.00. The number of hydrogen-bond acceptors (Lipinski definition) is 4. The predicted molar refractivity (Wildman–Crippen MR) is 71.6 cm³/mol. The standard InChI is InChI=1S/C14H18FN3O3/c1-21-13(20)14(15)6-7-18(8-14)12(19)11-9-4-2-3-5-10(9)16-17-11/h2-8H2,1H3,(H,16,17). The van der Waals surface area contributed by atoms with Crippen LogP contribution in [0, 0.1) is 0 Å². The maximum absolute atomic E-state index is 14.4. The van der Waals surface area contributed by atoms with Gasteiger partial charge in [0, 0.05) is 24.2 Å². The highest BCUT2D eigenvalue weighted by Crippen LogP contribution is 2.29. The van der Waals surface area contributed by atoms with Crippen LogP contribution in [0.5, 0.6) is 0 Å². The molecule has 0 radical (unpaired) electrons. The molecule has 1 atom stereocenters. The smallest absolute Gasteiger partial charge is 0.345 e. The van der Waals surface area contributed by atoms with E-state index in [0.29, 0.717) is 5.69 Å². The SMILES string of the molecule is COC(=O)C1(F)CCN(C(=O)c2n[nH]c3c2CCCC3)C1. The monoisotopic (exact) mass is 295 g/mol. The quantitative estimate of drug-likeness (QED) is 0.826. The number of ether oxygens (including phenoxy) is 1. The van der Waals surface area contributed by atoms with Gasteiger partial charge in [0.05, 0.1) is 13.7 Å². The third-order valence-corrected chi connectivity index (χ3v) is 4.32. The molecule has 2 heterocycles. The number of carbonyl (C=O) groups excluding carboxylic acids is 2. The molecule has 0 saturated carbocycles. The number of fused-ring (bicyclic) bond motifs is 1. The molecular weight excluding hydrogens is 277 g/mol. The fourth-order valence-electron chi connectivity index (χ4n) is 3.10. The third kappa shape index (κ3) is 2.30. The Morgan fingerprint density at radius 3 is 2.90 bits per heavy atom. The zero-order valence-electron chi connectivity index (χ0n) is 11.9. The molecule has 0 bridgehead atoms. The van der Waals surface area contributed by atoms with Crippen LogP contribution in [-0.4, -0.2) is 52.8 Å². The highest BCUT2D eigenvalue weighted by molar-refractivity contribution is 5.95. The minimum Gasteiger partial charge on any atom is -0.467 e. The maximum Gasteiger partial charge on any atom is 0.345 e. The number of esters is 1. The lowest BCUT2D eigenvalue weighted by atomic mass is 9.95. The van der Waals surface area contributed by atoms with Crippen LogP contribution in [-0.2, 0) is 22.4 Å². The second-order valence-corrected chi connectivity index (χ2v) is 5.67. The van der Waals surface area contributed by atoms with Crippen molar-refractivity contribution in [2.75, 3.05) is 20.2 Å². The fraction of sp³-hybridized carbons (Fsp3) is 0.643. The van der Waals surface area contributed by atoms with Crippen molar-refractivity contribution >= 4 is 11.9 Å². The van der Waals surface area contributed by atoms with Gasteiger partial charge in [0.25, 0.3) is 5.91 Å². The van der Waals surface area contributed by atoms with Gasteiger partial charge in [-0.15, -0.1) is 0 Å². The van der Waals surface area contributed by atoms with E-state index in [0.717, 1.165) is 44.1 Å². The molecule has 3 rings (SSSR count). The second kappa shape index (κ2) is 5.13. The normalized spacial score (nSPS) is 24.8. The molecule has 1 unspecified atom stereocenters. The van der Waals surface area contributed by atoms with Gasteiger partial charge >= 0.3 is 5.97 Å². The zero-order chi connectivity index (χ0) is 15.0. The Balaban J connectivity index is 1.78. The molecule has 0 spiro atoms. The molecule has 1 saturated heterocycles. The minimum absolute atomic E-state index is 0.0297. The first-order valence-corrected chi connectivity index (χ1v) is 7.18. The van der Waals surface area contributed by atoms with Crippen LogP contribution in [0.25, 0.3) is 0 Å². The number of aromatic amines is 1. The minimum atomic E-state index is -2.10. The van der Waals surface area contributed by atoms with E-state index in [4.69, 9.17) is 0 Å². The van der Waals surface area contributed by atoms with Crippen molar-refractivity contribution in [1.29, 1.82) is 0 Å². The summed E-state index contributed by atoms with van der Waals surface area (Å²) in [4.78, 5) is 25.3. The third-order valence-electron chi connectivity index (χ3n) is 4.32. The van der Waals surface area contributed by atoms with Gasteiger partial charge in [-0.3, -0.25) is 9.89 Å². The van der Waals surface area contributed by atoms with Crippen LogP contribution >= 0.6 is 0 Å². The molecule has 1 fully saturated rings. The number of rotatable bonds is 2. The average molecular weight is 295 g/mol. The lowest BCUT2D eigenvalue weighted by Crippen LogP contribution is -2.40. The van der Waals surface area contributed by atoms with Crippen LogP contribution in [0.1, 0.15) is 41.0 Å². The lowest BCUT2D eigenvalue weighted by Gasteiger charge is -2.19. The molecule has 1 aromatic heterocycles. The van der Waals surface area contributed by atoms with Crippen molar-refractivity contribution in [1.82, 2.24) is 15.1 Å². The number of nitrogens with zero attached hydrogens (tertiary/aromatic N) is 2. The molecule has 21 heavy (non-hydrogen) atoms. The molecule has 114 valence electrons. The number of amides is 1. The van der Waals surface area contributed by atoms with E-state index in [1.54, 1.807) is 0 Å². The Kier molecular flexibility index (Phi) is 3.43. The van der Waals surface area contributed by atoms with Gasteiger partial charge < -0.3 is 9.64 Å². The van der Waals surface area contributed by atoms with E-state index in [2.05, 4.69) is 14.9 Å². The Hall–Kier alpha value is -1.92. The summed E-state index contributed by atoms with van der Waals surface area (Å²) in [6, 6.07) is 0. The van der Waals surface area contributed by atoms with Crippen molar-refractivity contribution in [2.24, 2.45) is 0 Å². The first-order chi connectivity index (χ1) is 10.0. The van der Waals surface area contributed by atoms with Gasteiger partial charge in [-0.25, -0.2) is 9.18 Å². The second-order valence-electron chi connectivity index (χ2n) is 5.67. The first-order valence-electron chi connectivity index (χ1n) is 7.18. The number of methoxy groups -OCH3 is 1. The van der Waals surface area contributed by atoms with E-state index < -0.39 is 11.6 Å². The van der Waals surface area contributed by atoms with E-state index in [1.165, 1.54) is 4.90 Å². The van der Waals surface area contributed by atoms with Crippen molar-refractivity contribution in [2.45, 2.75) is 37.8 Å². The van der Waals surface area contributed by atoms with Gasteiger partial charge in [-0.1, -0.05) is 0 Å². The zero-order valence-corrected chi connectivity index (χ0v) is 11.9. The molecule has 1 amide bonds. The largest absolute Gasteiger partial charge is 0.467 e. The van der Waals surface area contributed by atoms with E-state index in [9.17, 15) is 14.0 Å². The number of carbonyl (C=O) groups is 2. The van der Waals surface area contributed by atoms with E-state index in [-0.39, 0.29) is 25.4 Å². The number of nitrogens with one attached hydrogen (secondary N) is 1. The Labute approximate surface area is 121 Å². The number of H-pyrrole nitrogens is 1. The summed E-state index contributed by atoms with van der Waals surface area (Å²) in [5.41, 5.74) is 0.226. The topological polar surface area (TPSA) is 75.3 Å². The molecule has 2 aliphatic rings. The van der Waals surface area contributed by atoms with Crippen LogP contribution in [0.3, 0.4) is 0 Å². The summed E-state index contributed by atoms with van der Waals surface area (Å²) in [6.45, 7) is -0.0633. The molecule has 1 N–H and O–H groups in total. The van der Waals surface area contributed by atoms with E-state index in [1.807, 2.05) is 0 Å². The van der Waals surface area contributed by atoms with E-state index >= 15 is 0 Å². The van der Waals surface area contributed by atoms with Crippen LogP contribution in [0.4, 0.5) is 4.39 Å². The van der Waals surface area contributed by atoms with Crippen molar-refractivity contribution < 1.29 is 18.7 Å². The lowest BCUT2D eigenvalue weighted by molar-refractivity contribution is -0.153. The molecular formula is C14H18FN3O3. The van der Waals surface area contributed by atoms with Crippen LogP contribution in [0.15, 0.2) is 0 Å². The van der Waals surface area contributed by atoms with Crippen molar-refractivity contribution in [3.05, 3.63) is 17.0 Å². The Bertz CT molecular complexity index is 586. The van der Waals surface area contributed by atoms with Crippen molar-refractivity contribution in [3.8, 4) is 0 Å². The first kappa shape index (κ1) is 14.0. The summed E-state index contributed by atoms with van der Waals surface area (Å²) in [7, 11) is 1.15. The number of likely N-dealkylation sites (tertiary alicyclic amines) is 1. The summed E-state index contributed by atoms with van der Waals surface area (Å²) in [6.07, 6.45) is 3.80. The number of halogens is 1. The number of hydrogen-bond donors (Lipinski definition) is 1. The summed E-state index contributed by atoms with van der Waals surface area (Å²) in [5.74, 6) is -1.22. The fourth-order valence-corrected chi connectivity index (χ4v) is 3.10. The average Bonchev–Trinajstić information content (AvgIpc) is 3.10. The van der Waals surface area contributed by atoms with Gasteiger partial charge in [0.15, 0.2) is 5.69 Å². The highest BCUT2D eigenvalue weighted by atomic mass is 19.1. The number of alkyl halides is 1. The van der Waals surface area contributed by atoms with Crippen molar-refractivity contribution in [3.63, 3.8) is 0 Å².